The second kappa shape index (κ2) is 16.8. The fourth-order valence-electron chi connectivity index (χ4n) is 4.65. The van der Waals surface area contributed by atoms with Gasteiger partial charge in [0.2, 0.25) is 29.5 Å². The van der Waals surface area contributed by atoms with Crippen LogP contribution in [0.1, 0.15) is 63.1 Å². The van der Waals surface area contributed by atoms with Crippen LogP contribution in [0.3, 0.4) is 0 Å². The number of hydrogen-bond acceptors (Lipinski definition) is 6. The van der Waals surface area contributed by atoms with Crippen LogP contribution in [0.5, 0.6) is 0 Å². The van der Waals surface area contributed by atoms with Crippen molar-refractivity contribution in [2.24, 2.45) is 11.7 Å². The maximum atomic E-state index is 13.3. The lowest BCUT2D eigenvalue weighted by atomic mass is 10.0. The predicted octanol–water partition coefficient (Wildman–Crippen LogP) is 1.33. The van der Waals surface area contributed by atoms with Gasteiger partial charge in [0.25, 0.3) is 0 Å². The Hall–Kier alpha value is -4.69. The SMILES string of the molecule is CC(C)C(NC(=O)CCCC(=O)NCCC(=O)N1Cc2ccccc2C#Cc2ccccc21)C(=O)N[C@@H](C)C(=O)NCCN. The van der Waals surface area contributed by atoms with Crippen LogP contribution in [0.25, 0.3) is 0 Å². The number of hydrogen-bond donors (Lipinski definition) is 5. The van der Waals surface area contributed by atoms with E-state index in [-0.39, 0.29) is 68.3 Å². The molecule has 2 atom stereocenters. The fraction of sp³-hybridized carbons (Fsp3) is 0.424. The van der Waals surface area contributed by atoms with Crippen LogP contribution in [0.15, 0.2) is 48.5 Å². The van der Waals surface area contributed by atoms with E-state index >= 15 is 0 Å². The van der Waals surface area contributed by atoms with E-state index in [4.69, 9.17) is 5.73 Å². The highest BCUT2D eigenvalue weighted by Crippen LogP contribution is 2.25. The minimum absolute atomic E-state index is 0.0421. The van der Waals surface area contributed by atoms with Crippen molar-refractivity contribution in [2.45, 2.75) is 65.1 Å². The molecule has 44 heavy (non-hydrogen) atoms. The predicted molar refractivity (Wildman–Crippen MR) is 168 cm³/mol. The van der Waals surface area contributed by atoms with Crippen molar-refractivity contribution in [3.63, 3.8) is 0 Å². The number of benzene rings is 2. The van der Waals surface area contributed by atoms with Gasteiger partial charge in [0.05, 0.1) is 12.2 Å². The van der Waals surface area contributed by atoms with Crippen molar-refractivity contribution in [3.05, 3.63) is 65.2 Å². The molecule has 0 saturated carbocycles. The molecule has 2 aromatic carbocycles. The highest BCUT2D eigenvalue weighted by Gasteiger charge is 2.27. The Morgan fingerprint density at radius 3 is 2.18 bits per heavy atom. The van der Waals surface area contributed by atoms with Crippen molar-refractivity contribution in [1.29, 1.82) is 0 Å². The van der Waals surface area contributed by atoms with Gasteiger partial charge in [0, 0.05) is 50.0 Å². The van der Waals surface area contributed by atoms with E-state index in [1.54, 1.807) is 25.7 Å². The molecule has 0 spiro atoms. The summed E-state index contributed by atoms with van der Waals surface area (Å²) in [6.07, 6.45) is 0.503. The molecule has 1 aliphatic heterocycles. The molecule has 0 aromatic heterocycles. The fourth-order valence-corrected chi connectivity index (χ4v) is 4.65. The molecular weight excluding hydrogens is 560 g/mol. The molecule has 6 N–H and O–H groups in total. The van der Waals surface area contributed by atoms with Crippen molar-refractivity contribution in [2.75, 3.05) is 24.5 Å². The molecule has 0 radical (unpaired) electrons. The van der Waals surface area contributed by atoms with Gasteiger partial charge < -0.3 is 31.9 Å². The molecule has 2 aromatic rings. The van der Waals surface area contributed by atoms with Crippen LogP contribution in [0.2, 0.25) is 0 Å². The average Bonchev–Trinajstić information content (AvgIpc) is 2.99. The lowest BCUT2D eigenvalue weighted by molar-refractivity contribution is -0.132. The number of rotatable bonds is 14. The summed E-state index contributed by atoms with van der Waals surface area (Å²) in [5.41, 5.74) is 8.70. The number of nitrogens with zero attached hydrogens (tertiary/aromatic N) is 1. The maximum absolute atomic E-state index is 13.3. The van der Waals surface area contributed by atoms with Crippen LogP contribution in [-0.4, -0.2) is 61.3 Å². The van der Waals surface area contributed by atoms with E-state index in [9.17, 15) is 24.0 Å². The maximum Gasteiger partial charge on any atom is 0.243 e. The molecule has 0 bridgehead atoms. The third-order valence-electron chi connectivity index (χ3n) is 7.10. The first kappa shape index (κ1) is 33.8. The minimum Gasteiger partial charge on any atom is -0.356 e. The first-order valence-corrected chi connectivity index (χ1v) is 14.9. The van der Waals surface area contributed by atoms with Crippen LogP contribution in [-0.2, 0) is 30.5 Å². The summed E-state index contributed by atoms with van der Waals surface area (Å²) >= 11 is 0. The van der Waals surface area contributed by atoms with Gasteiger partial charge in [-0.05, 0) is 43.0 Å². The van der Waals surface area contributed by atoms with Crippen molar-refractivity contribution in [1.82, 2.24) is 21.3 Å². The topological polar surface area (TPSA) is 163 Å². The molecule has 3 rings (SSSR count). The number of nitrogens with one attached hydrogen (secondary N) is 4. The Labute approximate surface area is 258 Å². The molecule has 0 fully saturated rings. The van der Waals surface area contributed by atoms with Gasteiger partial charge in [-0.3, -0.25) is 24.0 Å². The summed E-state index contributed by atoms with van der Waals surface area (Å²) in [6, 6.07) is 13.6. The Bertz CT molecular complexity index is 1410. The summed E-state index contributed by atoms with van der Waals surface area (Å²) in [4.78, 5) is 64.7. The van der Waals surface area contributed by atoms with E-state index in [1.165, 1.54) is 0 Å². The summed E-state index contributed by atoms with van der Waals surface area (Å²) < 4.78 is 0. The number of para-hydroxylation sites is 1. The van der Waals surface area contributed by atoms with Gasteiger partial charge in [-0.1, -0.05) is 56.0 Å². The zero-order valence-electron chi connectivity index (χ0n) is 25.6. The van der Waals surface area contributed by atoms with Gasteiger partial charge in [0.1, 0.15) is 12.1 Å². The van der Waals surface area contributed by atoms with E-state index in [1.807, 2.05) is 48.5 Å². The average molecular weight is 603 g/mol. The molecule has 5 amide bonds. The summed E-state index contributed by atoms with van der Waals surface area (Å²) in [5.74, 6) is 4.52. The molecule has 1 aliphatic rings. The Kier molecular flexibility index (Phi) is 12.9. The first-order valence-electron chi connectivity index (χ1n) is 14.9. The normalized spacial score (nSPS) is 13.1. The number of nitrogens with two attached hydrogens (primary N) is 1. The standard InChI is InChI=1S/C33H42N6O5/c1-22(2)31(33(44)37-23(3)32(43)36-20-18-34)38-29(41)14-8-13-28(40)35-19-17-30(42)39-21-26-11-5-4-9-24(26)15-16-25-10-6-7-12-27(25)39/h4-7,9-12,22-23,31H,8,13-14,17-21,34H2,1-3H3,(H,35,40)(H,36,43)(H,37,44)(H,38,41)/t23-,31?/m0/s1. The van der Waals surface area contributed by atoms with Crippen molar-refractivity contribution in [3.8, 4) is 11.8 Å². The lowest BCUT2D eigenvalue weighted by Crippen LogP contribution is -2.54. The monoisotopic (exact) mass is 602 g/mol. The summed E-state index contributed by atoms with van der Waals surface area (Å²) in [7, 11) is 0. The van der Waals surface area contributed by atoms with Gasteiger partial charge >= 0.3 is 0 Å². The van der Waals surface area contributed by atoms with E-state index in [2.05, 4.69) is 33.1 Å². The van der Waals surface area contributed by atoms with Crippen molar-refractivity contribution < 1.29 is 24.0 Å². The smallest absolute Gasteiger partial charge is 0.243 e. The zero-order chi connectivity index (χ0) is 32.1. The van der Waals surface area contributed by atoms with Crippen LogP contribution < -0.4 is 31.9 Å². The molecule has 0 aliphatic carbocycles. The van der Waals surface area contributed by atoms with Gasteiger partial charge in [-0.2, -0.15) is 0 Å². The minimum atomic E-state index is -0.835. The number of anilines is 1. The second-order valence-corrected chi connectivity index (χ2v) is 11.0. The number of amides is 5. The largest absolute Gasteiger partial charge is 0.356 e. The Morgan fingerprint density at radius 2 is 1.45 bits per heavy atom. The van der Waals surface area contributed by atoms with E-state index < -0.39 is 18.0 Å². The third-order valence-corrected chi connectivity index (χ3v) is 7.10. The summed E-state index contributed by atoms with van der Waals surface area (Å²) in [6.45, 7) is 6.24. The molecule has 0 saturated heterocycles. The van der Waals surface area contributed by atoms with E-state index in [0.717, 1.165) is 22.4 Å². The van der Waals surface area contributed by atoms with E-state index in [0.29, 0.717) is 13.1 Å². The first-order chi connectivity index (χ1) is 21.1. The highest BCUT2D eigenvalue weighted by atomic mass is 16.2. The molecular formula is C33H42N6O5. The number of fused-ring (bicyclic) bond motifs is 2. The Balaban J connectivity index is 1.44. The second-order valence-electron chi connectivity index (χ2n) is 11.0. The molecule has 11 heteroatoms. The van der Waals surface area contributed by atoms with Crippen LogP contribution in [0.4, 0.5) is 5.69 Å². The van der Waals surface area contributed by atoms with Crippen LogP contribution >= 0.6 is 0 Å². The molecule has 234 valence electrons. The third kappa shape index (κ3) is 9.95. The van der Waals surface area contributed by atoms with Gasteiger partial charge in [-0.25, -0.2) is 0 Å². The Morgan fingerprint density at radius 1 is 0.795 bits per heavy atom. The summed E-state index contributed by atoms with van der Waals surface area (Å²) in [5, 5.41) is 10.7. The van der Waals surface area contributed by atoms with Crippen molar-refractivity contribution >= 4 is 35.2 Å². The molecule has 1 unspecified atom stereocenters. The zero-order valence-corrected chi connectivity index (χ0v) is 25.6. The van der Waals surface area contributed by atoms with Crippen LogP contribution in [0, 0.1) is 17.8 Å². The molecule has 1 heterocycles. The number of carbonyl (C=O) groups excluding carboxylic acids is 5. The van der Waals surface area contributed by atoms with Gasteiger partial charge in [-0.15, -0.1) is 0 Å². The highest BCUT2D eigenvalue weighted by molar-refractivity contribution is 5.95. The quantitative estimate of drug-likeness (QED) is 0.205. The van der Waals surface area contributed by atoms with Gasteiger partial charge in [0.15, 0.2) is 0 Å². The lowest BCUT2D eigenvalue weighted by Gasteiger charge is -2.26. The number of carbonyl (C=O) groups is 5. The molecule has 11 nitrogen and oxygen atoms in total.